The van der Waals surface area contributed by atoms with Crippen LogP contribution in [-0.2, 0) is 4.79 Å². The number of nitrogens with zero attached hydrogens (tertiary/aromatic N) is 1. The second-order valence-corrected chi connectivity index (χ2v) is 4.58. The molecule has 5 nitrogen and oxygen atoms in total. The fourth-order valence-electron chi connectivity index (χ4n) is 2.42. The van der Waals surface area contributed by atoms with Gasteiger partial charge in [0.1, 0.15) is 0 Å². The minimum absolute atomic E-state index is 0.00398. The first-order valence-corrected chi connectivity index (χ1v) is 6.46. The Hall–Kier alpha value is -0.650. The summed E-state index contributed by atoms with van der Waals surface area (Å²) in [5.74, 6) is 0.00398. The fourth-order valence-corrected chi connectivity index (χ4v) is 2.42. The van der Waals surface area contributed by atoms with E-state index in [-0.39, 0.29) is 24.6 Å². The zero-order valence-corrected chi connectivity index (χ0v) is 10.7. The highest BCUT2D eigenvalue weighted by Gasteiger charge is 2.33. The second-order valence-electron chi connectivity index (χ2n) is 4.58. The molecule has 2 unspecified atom stereocenters. The molecule has 0 spiro atoms. The average Bonchev–Trinajstić information content (AvgIpc) is 2.75. The molecule has 0 aromatic carbocycles. The molecule has 0 bridgehead atoms. The molecule has 0 saturated carbocycles. The molecule has 1 aliphatic rings. The lowest BCUT2D eigenvalue weighted by atomic mass is 10.1. The van der Waals surface area contributed by atoms with Crippen LogP contribution >= 0.6 is 0 Å². The smallest absolute Gasteiger partial charge is 0.240 e. The van der Waals surface area contributed by atoms with Crippen molar-refractivity contribution in [2.45, 2.75) is 51.3 Å². The molecule has 0 aromatic heterocycles. The summed E-state index contributed by atoms with van der Waals surface area (Å²) in [5.41, 5.74) is 0. The van der Waals surface area contributed by atoms with Crippen molar-refractivity contribution in [1.29, 1.82) is 0 Å². The molecule has 1 amide bonds. The summed E-state index contributed by atoms with van der Waals surface area (Å²) < 4.78 is 0. The van der Waals surface area contributed by atoms with Gasteiger partial charge in [-0.3, -0.25) is 4.79 Å². The molecule has 1 heterocycles. The number of carbonyl (C=O) groups excluding carboxylic acids is 1. The van der Waals surface area contributed by atoms with Gasteiger partial charge in [0.05, 0.1) is 18.8 Å². The van der Waals surface area contributed by atoms with Crippen molar-refractivity contribution < 1.29 is 15.0 Å². The molecule has 1 rings (SSSR count). The van der Waals surface area contributed by atoms with Gasteiger partial charge < -0.3 is 20.4 Å². The molecule has 100 valence electrons. The summed E-state index contributed by atoms with van der Waals surface area (Å²) in [4.78, 5) is 14.0. The average molecular weight is 244 g/mol. The predicted octanol–water partition coefficient (Wildman–Crippen LogP) is -0.281. The van der Waals surface area contributed by atoms with Crippen LogP contribution in [0.2, 0.25) is 0 Å². The van der Waals surface area contributed by atoms with E-state index in [9.17, 15) is 9.90 Å². The summed E-state index contributed by atoms with van der Waals surface area (Å²) >= 11 is 0. The number of aliphatic hydroxyl groups is 2. The van der Waals surface area contributed by atoms with E-state index in [1.165, 1.54) is 0 Å². The molecular weight excluding hydrogens is 220 g/mol. The van der Waals surface area contributed by atoms with Gasteiger partial charge in [-0.15, -0.1) is 0 Å². The van der Waals surface area contributed by atoms with Gasteiger partial charge in [0, 0.05) is 19.1 Å². The molecule has 0 aromatic rings. The molecule has 2 atom stereocenters. The third-order valence-electron chi connectivity index (χ3n) is 3.41. The first kappa shape index (κ1) is 14.4. The topological polar surface area (TPSA) is 72.8 Å². The Kier molecular flexibility index (Phi) is 5.88. The highest BCUT2D eigenvalue weighted by molar-refractivity contribution is 5.82. The van der Waals surface area contributed by atoms with E-state index >= 15 is 0 Å². The lowest BCUT2D eigenvalue weighted by molar-refractivity contribution is -0.136. The van der Waals surface area contributed by atoms with E-state index < -0.39 is 6.10 Å². The fraction of sp³-hybridized carbons (Fsp3) is 0.917. The molecule has 3 N–H and O–H groups in total. The van der Waals surface area contributed by atoms with Crippen molar-refractivity contribution in [2.24, 2.45) is 0 Å². The van der Waals surface area contributed by atoms with Gasteiger partial charge in [-0.05, 0) is 19.3 Å². The van der Waals surface area contributed by atoms with Crippen LogP contribution < -0.4 is 5.32 Å². The maximum atomic E-state index is 12.3. The molecule has 1 saturated heterocycles. The predicted molar refractivity (Wildman–Crippen MR) is 65.6 cm³/mol. The number of aliphatic hydroxyl groups excluding tert-OH is 2. The largest absolute Gasteiger partial charge is 0.395 e. The van der Waals surface area contributed by atoms with Gasteiger partial charge >= 0.3 is 0 Å². The van der Waals surface area contributed by atoms with Crippen molar-refractivity contribution in [3.63, 3.8) is 0 Å². The minimum atomic E-state index is -0.429. The third-order valence-corrected chi connectivity index (χ3v) is 3.41. The van der Waals surface area contributed by atoms with Crippen molar-refractivity contribution >= 4 is 5.91 Å². The standard InChI is InChI=1S/C12H24N2O3/c1-3-9(4-2)14(5-6-15)12(17)11-7-10(16)8-13-11/h9-11,13,15-16H,3-8H2,1-2H3. The number of hydrogen-bond acceptors (Lipinski definition) is 4. The van der Waals surface area contributed by atoms with Crippen LogP contribution in [-0.4, -0.2) is 58.9 Å². The maximum absolute atomic E-state index is 12.3. The van der Waals surface area contributed by atoms with E-state index in [0.717, 1.165) is 12.8 Å². The number of amides is 1. The lowest BCUT2D eigenvalue weighted by Gasteiger charge is -2.32. The van der Waals surface area contributed by atoms with Crippen LogP contribution in [0.5, 0.6) is 0 Å². The Morgan fingerprint density at radius 3 is 2.53 bits per heavy atom. The van der Waals surface area contributed by atoms with Crippen LogP contribution in [0.25, 0.3) is 0 Å². The Morgan fingerprint density at radius 2 is 2.12 bits per heavy atom. The van der Waals surface area contributed by atoms with E-state index in [1.807, 2.05) is 13.8 Å². The molecule has 0 radical (unpaired) electrons. The van der Waals surface area contributed by atoms with Crippen LogP contribution in [0.15, 0.2) is 0 Å². The van der Waals surface area contributed by atoms with E-state index in [1.54, 1.807) is 4.90 Å². The summed E-state index contributed by atoms with van der Waals surface area (Å²) in [6, 6.07) is -0.119. The SMILES string of the molecule is CCC(CC)N(CCO)C(=O)C1CC(O)CN1. The Bertz CT molecular complexity index is 244. The first-order valence-electron chi connectivity index (χ1n) is 6.46. The first-order chi connectivity index (χ1) is 8.13. The Labute approximate surface area is 103 Å². The summed E-state index contributed by atoms with van der Waals surface area (Å²) in [7, 11) is 0. The van der Waals surface area contributed by atoms with E-state index in [0.29, 0.717) is 19.5 Å². The van der Waals surface area contributed by atoms with Crippen molar-refractivity contribution in [2.75, 3.05) is 19.7 Å². The Morgan fingerprint density at radius 1 is 1.47 bits per heavy atom. The monoisotopic (exact) mass is 244 g/mol. The van der Waals surface area contributed by atoms with Gasteiger partial charge in [0.2, 0.25) is 5.91 Å². The summed E-state index contributed by atoms with van der Waals surface area (Å²) in [6.45, 7) is 4.93. The number of β-amino-alcohol motifs (C(OH)–C–C–N with tert-alkyl or cyclic N) is 1. The highest BCUT2D eigenvalue weighted by Crippen LogP contribution is 2.15. The van der Waals surface area contributed by atoms with Crippen LogP contribution in [0.1, 0.15) is 33.1 Å². The van der Waals surface area contributed by atoms with Gasteiger partial charge in [-0.25, -0.2) is 0 Å². The third kappa shape index (κ3) is 3.66. The minimum Gasteiger partial charge on any atom is -0.395 e. The molecule has 1 fully saturated rings. The number of nitrogens with one attached hydrogen (secondary N) is 1. The normalized spacial score (nSPS) is 24.3. The van der Waals surface area contributed by atoms with Crippen LogP contribution in [0.4, 0.5) is 0 Å². The lowest BCUT2D eigenvalue weighted by Crippen LogP contribution is -2.49. The molecule has 5 heteroatoms. The van der Waals surface area contributed by atoms with Crippen LogP contribution in [0, 0.1) is 0 Å². The van der Waals surface area contributed by atoms with Gasteiger partial charge in [0.25, 0.3) is 0 Å². The molecule has 17 heavy (non-hydrogen) atoms. The maximum Gasteiger partial charge on any atom is 0.240 e. The summed E-state index contributed by atoms with van der Waals surface area (Å²) in [5, 5.41) is 21.5. The molecule has 1 aliphatic heterocycles. The van der Waals surface area contributed by atoms with E-state index in [2.05, 4.69) is 5.32 Å². The van der Waals surface area contributed by atoms with Crippen molar-refractivity contribution in [1.82, 2.24) is 10.2 Å². The van der Waals surface area contributed by atoms with Gasteiger partial charge in [-0.2, -0.15) is 0 Å². The number of carbonyl (C=O) groups is 1. The quantitative estimate of drug-likeness (QED) is 0.601. The Balaban J connectivity index is 2.65. The van der Waals surface area contributed by atoms with Gasteiger partial charge in [0.15, 0.2) is 0 Å². The van der Waals surface area contributed by atoms with Gasteiger partial charge in [-0.1, -0.05) is 13.8 Å². The molecular formula is C12H24N2O3. The number of rotatable bonds is 6. The highest BCUT2D eigenvalue weighted by atomic mass is 16.3. The zero-order chi connectivity index (χ0) is 12.8. The number of hydrogen-bond donors (Lipinski definition) is 3. The molecule has 0 aliphatic carbocycles. The second kappa shape index (κ2) is 6.93. The van der Waals surface area contributed by atoms with Crippen molar-refractivity contribution in [3.8, 4) is 0 Å². The van der Waals surface area contributed by atoms with Crippen LogP contribution in [0.3, 0.4) is 0 Å². The summed E-state index contributed by atoms with van der Waals surface area (Å²) in [6.07, 6.45) is 1.82. The van der Waals surface area contributed by atoms with Crippen molar-refractivity contribution in [3.05, 3.63) is 0 Å². The zero-order valence-electron chi connectivity index (χ0n) is 10.7. The van der Waals surface area contributed by atoms with E-state index in [4.69, 9.17) is 5.11 Å².